The molecule has 0 aliphatic carbocycles. The molecule has 0 saturated heterocycles. The van der Waals surface area contributed by atoms with Crippen LogP contribution in [0.1, 0.15) is 22.8 Å². The van der Waals surface area contributed by atoms with E-state index in [0.29, 0.717) is 18.7 Å². The second-order valence-electron chi connectivity index (χ2n) is 4.23. The number of nitrogens with one attached hydrogen (secondary N) is 1. The first kappa shape index (κ1) is 15.2. The minimum absolute atomic E-state index is 0.0797. The molecule has 104 valence electrons. The molecule has 0 bridgehead atoms. The molecule has 0 unspecified atom stereocenters. The van der Waals surface area contributed by atoms with Crippen molar-refractivity contribution in [2.75, 3.05) is 26.7 Å². The number of carbonyl (C=O) groups is 2. The number of hydrogen-bond donors (Lipinski definition) is 2. The van der Waals surface area contributed by atoms with Crippen LogP contribution in [0.15, 0.2) is 24.3 Å². The highest BCUT2D eigenvalue weighted by atomic mass is 16.2. The van der Waals surface area contributed by atoms with Crippen molar-refractivity contribution in [1.29, 1.82) is 0 Å². The number of nitrogens with zero attached hydrogens (tertiary/aromatic N) is 1. The van der Waals surface area contributed by atoms with E-state index in [0.717, 1.165) is 12.0 Å². The lowest BCUT2D eigenvalue weighted by Gasteiger charge is -2.20. The van der Waals surface area contributed by atoms with Crippen LogP contribution in [0.3, 0.4) is 0 Å². The molecule has 3 N–H and O–H groups in total. The van der Waals surface area contributed by atoms with E-state index in [1.165, 1.54) is 4.90 Å². The highest BCUT2D eigenvalue weighted by Gasteiger charge is 2.16. The van der Waals surface area contributed by atoms with Gasteiger partial charge in [0.15, 0.2) is 0 Å². The Kier molecular flexibility index (Phi) is 6.02. The van der Waals surface area contributed by atoms with Crippen molar-refractivity contribution in [2.24, 2.45) is 5.73 Å². The van der Waals surface area contributed by atoms with Crippen molar-refractivity contribution < 1.29 is 9.59 Å². The summed E-state index contributed by atoms with van der Waals surface area (Å²) in [5.41, 5.74) is 7.17. The van der Waals surface area contributed by atoms with Crippen LogP contribution in [0.4, 0.5) is 0 Å². The third-order valence-corrected chi connectivity index (χ3v) is 2.92. The molecule has 5 nitrogen and oxygen atoms in total. The summed E-state index contributed by atoms with van der Waals surface area (Å²) < 4.78 is 0. The maximum absolute atomic E-state index is 12.2. The fourth-order valence-electron chi connectivity index (χ4n) is 1.74. The summed E-state index contributed by atoms with van der Waals surface area (Å²) in [6.07, 6.45) is 0.796. The minimum Gasteiger partial charge on any atom is -0.358 e. The maximum Gasteiger partial charge on any atom is 0.254 e. The molecule has 0 saturated carbocycles. The van der Waals surface area contributed by atoms with Gasteiger partial charge in [-0.3, -0.25) is 9.59 Å². The van der Waals surface area contributed by atoms with Gasteiger partial charge in [-0.15, -0.1) is 0 Å². The SMILES string of the molecule is CCN(CC(=O)NC)C(=O)c1ccc(CCN)cc1. The third-order valence-electron chi connectivity index (χ3n) is 2.92. The predicted octanol–water partition coefficient (Wildman–Crippen LogP) is 0.396. The summed E-state index contributed by atoms with van der Waals surface area (Å²) in [5, 5.41) is 2.52. The molecule has 0 aromatic heterocycles. The number of likely N-dealkylation sites (N-methyl/N-ethyl adjacent to an activating group) is 2. The lowest BCUT2D eigenvalue weighted by molar-refractivity contribution is -0.121. The Morgan fingerprint density at radius 2 is 1.89 bits per heavy atom. The topological polar surface area (TPSA) is 75.4 Å². The molecule has 0 spiro atoms. The van der Waals surface area contributed by atoms with Crippen LogP contribution in [0.5, 0.6) is 0 Å². The molecule has 0 aliphatic rings. The Morgan fingerprint density at radius 3 is 2.37 bits per heavy atom. The van der Waals surface area contributed by atoms with Crippen LogP contribution in [0.2, 0.25) is 0 Å². The average molecular weight is 263 g/mol. The summed E-state index contributed by atoms with van der Waals surface area (Å²) in [6, 6.07) is 7.35. The van der Waals surface area contributed by atoms with Crippen molar-refractivity contribution in [3.05, 3.63) is 35.4 Å². The summed E-state index contributed by atoms with van der Waals surface area (Å²) in [5.74, 6) is -0.305. The van der Waals surface area contributed by atoms with Gasteiger partial charge in [0.05, 0.1) is 6.54 Å². The molecule has 0 heterocycles. The normalized spacial score (nSPS) is 10.1. The van der Waals surface area contributed by atoms with Crippen LogP contribution in [-0.4, -0.2) is 43.4 Å². The van der Waals surface area contributed by atoms with Gasteiger partial charge < -0.3 is 16.0 Å². The number of amides is 2. The summed E-state index contributed by atoms with van der Waals surface area (Å²) in [7, 11) is 1.56. The fourth-order valence-corrected chi connectivity index (χ4v) is 1.74. The summed E-state index contributed by atoms with van der Waals surface area (Å²) >= 11 is 0. The molecule has 1 rings (SSSR count). The van der Waals surface area contributed by atoms with E-state index in [-0.39, 0.29) is 18.4 Å². The molecular formula is C14H21N3O2. The molecule has 1 aromatic rings. The second-order valence-corrected chi connectivity index (χ2v) is 4.23. The minimum atomic E-state index is -0.171. The summed E-state index contributed by atoms with van der Waals surface area (Å²) in [4.78, 5) is 25.1. The Balaban J connectivity index is 2.76. The smallest absolute Gasteiger partial charge is 0.254 e. The Morgan fingerprint density at radius 1 is 1.26 bits per heavy atom. The highest BCUT2D eigenvalue weighted by Crippen LogP contribution is 2.08. The van der Waals surface area contributed by atoms with Gasteiger partial charge in [-0.25, -0.2) is 0 Å². The largest absolute Gasteiger partial charge is 0.358 e. The van der Waals surface area contributed by atoms with Gasteiger partial charge >= 0.3 is 0 Å². The van der Waals surface area contributed by atoms with Crippen LogP contribution < -0.4 is 11.1 Å². The van der Waals surface area contributed by atoms with Gasteiger partial charge in [0.25, 0.3) is 5.91 Å². The molecular weight excluding hydrogens is 242 g/mol. The molecule has 0 atom stereocenters. The summed E-state index contributed by atoms with van der Waals surface area (Å²) in [6.45, 7) is 3.02. The number of carbonyl (C=O) groups excluding carboxylic acids is 2. The van der Waals surface area contributed by atoms with E-state index in [4.69, 9.17) is 5.73 Å². The molecule has 1 aromatic carbocycles. The maximum atomic E-state index is 12.2. The lowest BCUT2D eigenvalue weighted by Crippen LogP contribution is -2.39. The molecule has 2 amide bonds. The quantitative estimate of drug-likeness (QED) is 0.780. The van der Waals surface area contributed by atoms with Crippen molar-refractivity contribution in [2.45, 2.75) is 13.3 Å². The zero-order chi connectivity index (χ0) is 14.3. The number of benzene rings is 1. The van der Waals surface area contributed by atoms with Gasteiger partial charge in [-0.1, -0.05) is 12.1 Å². The van der Waals surface area contributed by atoms with Crippen molar-refractivity contribution in [3.63, 3.8) is 0 Å². The van der Waals surface area contributed by atoms with Gasteiger partial charge in [0.2, 0.25) is 5.91 Å². The predicted molar refractivity (Wildman–Crippen MR) is 74.8 cm³/mol. The molecule has 0 aliphatic heterocycles. The molecule has 5 heteroatoms. The number of rotatable bonds is 6. The van der Waals surface area contributed by atoms with E-state index in [1.807, 2.05) is 19.1 Å². The molecule has 0 radical (unpaired) electrons. The van der Waals surface area contributed by atoms with Crippen LogP contribution in [0.25, 0.3) is 0 Å². The number of hydrogen-bond acceptors (Lipinski definition) is 3. The lowest BCUT2D eigenvalue weighted by atomic mass is 10.1. The standard InChI is InChI=1S/C14H21N3O2/c1-3-17(10-13(18)16-2)14(19)12-6-4-11(5-7-12)8-9-15/h4-7H,3,8-10,15H2,1-2H3,(H,16,18). The number of nitrogens with two attached hydrogens (primary N) is 1. The Hall–Kier alpha value is -1.88. The molecule has 0 fully saturated rings. The zero-order valence-corrected chi connectivity index (χ0v) is 11.5. The monoisotopic (exact) mass is 263 g/mol. The van der Waals surface area contributed by atoms with Gasteiger partial charge in [0, 0.05) is 19.2 Å². The van der Waals surface area contributed by atoms with E-state index in [1.54, 1.807) is 19.2 Å². The Bertz CT molecular complexity index is 429. The van der Waals surface area contributed by atoms with Gasteiger partial charge in [0.1, 0.15) is 0 Å². The first-order valence-corrected chi connectivity index (χ1v) is 6.41. The van der Waals surface area contributed by atoms with Crippen LogP contribution in [0, 0.1) is 0 Å². The van der Waals surface area contributed by atoms with Crippen molar-refractivity contribution >= 4 is 11.8 Å². The average Bonchev–Trinajstić information content (AvgIpc) is 2.45. The van der Waals surface area contributed by atoms with E-state index in [2.05, 4.69) is 5.32 Å². The van der Waals surface area contributed by atoms with Gasteiger partial charge in [-0.05, 0) is 37.6 Å². The van der Waals surface area contributed by atoms with E-state index in [9.17, 15) is 9.59 Å². The van der Waals surface area contributed by atoms with Crippen LogP contribution >= 0.6 is 0 Å². The second kappa shape index (κ2) is 7.53. The fraction of sp³-hybridized carbons (Fsp3) is 0.429. The third kappa shape index (κ3) is 4.37. The highest BCUT2D eigenvalue weighted by molar-refractivity contribution is 5.96. The van der Waals surface area contributed by atoms with Crippen molar-refractivity contribution in [1.82, 2.24) is 10.2 Å². The van der Waals surface area contributed by atoms with Gasteiger partial charge in [-0.2, -0.15) is 0 Å². The van der Waals surface area contributed by atoms with E-state index < -0.39 is 0 Å². The molecule has 19 heavy (non-hydrogen) atoms. The first-order valence-electron chi connectivity index (χ1n) is 6.41. The first-order chi connectivity index (χ1) is 9.12. The Labute approximate surface area is 113 Å². The van der Waals surface area contributed by atoms with E-state index >= 15 is 0 Å². The zero-order valence-electron chi connectivity index (χ0n) is 11.5. The van der Waals surface area contributed by atoms with Crippen molar-refractivity contribution in [3.8, 4) is 0 Å². The van der Waals surface area contributed by atoms with Crippen LogP contribution in [-0.2, 0) is 11.2 Å².